The highest BCUT2D eigenvalue weighted by molar-refractivity contribution is 9.10. The van der Waals surface area contributed by atoms with Crippen LogP contribution in [-0.4, -0.2) is 38.1 Å². The molecule has 4 nitrogen and oxygen atoms in total. The van der Waals surface area contributed by atoms with E-state index in [1.807, 2.05) is 18.2 Å². The lowest BCUT2D eigenvalue weighted by Gasteiger charge is -2.17. The molecular formula is C15H21BrO4. The van der Waals surface area contributed by atoms with Crippen LogP contribution in [0.5, 0.6) is 5.75 Å². The smallest absolute Gasteiger partial charge is 0.133 e. The standard InChI is InChI=1S/C15H21BrO4/c1-18-7-8-20-15-5-4-11(9-13(15)16)14(17)10-12-3-2-6-19-12/h4-5,9,12,14,17H,2-3,6-8,10H2,1H3. The average Bonchev–Trinajstić information content (AvgIpc) is 2.93. The number of halogens is 1. The quantitative estimate of drug-likeness (QED) is 0.772. The van der Waals surface area contributed by atoms with Gasteiger partial charge in [-0.05, 0) is 46.5 Å². The minimum atomic E-state index is -0.498. The van der Waals surface area contributed by atoms with Crippen molar-refractivity contribution in [2.24, 2.45) is 0 Å². The molecule has 2 rings (SSSR count). The van der Waals surface area contributed by atoms with Crippen LogP contribution in [0.2, 0.25) is 0 Å². The van der Waals surface area contributed by atoms with E-state index >= 15 is 0 Å². The predicted molar refractivity (Wildman–Crippen MR) is 80.1 cm³/mol. The lowest BCUT2D eigenvalue weighted by Crippen LogP contribution is -2.11. The van der Waals surface area contributed by atoms with Crippen molar-refractivity contribution in [3.8, 4) is 5.75 Å². The maximum Gasteiger partial charge on any atom is 0.133 e. The monoisotopic (exact) mass is 344 g/mol. The van der Waals surface area contributed by atoms with Crippen LogP contribution in [0, 0.1) is 0 Å². The molecule has 0 aromatic heterocycles. The molecule has 1 N–H and O–H groups in total. The Labute approximate surface area is 128 Å². The highest BCUT2D eigenvalue weighted by atomic mass is 79.9. The van der Waals surface area contributed by atoms with Crippen molar-refractivity contribution in [3.63, 3.8) is 0 Å². The Morgan fingerprint density at radius 3 is 2.95 bits per heavy atom. The zero-order chi connectivity index (χ0) is 14.4. The third kappa shape index (κ3) is 4.45. The zero-order valence-corrected chi connectivity index (χ0v) is 13.3. The summed E-state index contributed by atoms with van der Waals surface area (Å²) in [6, 6.07) is 5.67. The summed E-state index contributed by atoms with van der Waals surface area (Å²) in [5, 5.41) is 10.2. The molecule has 1 heterocycles. The molecule has 0 bridgehead atoms. The van der Waals surface area contributed by atoms with E-state index in [1.54, 1.807) is 7.11 Å². The van der Waals surface area contributed by atoms with Crippen LogP contribution in [0.25, 0.3) is 0 Å². The second-order valence-electron chi connectivity index (χ2n) is 4.92. The van der Waals surface area contributed by atoms with Gasteiger partial charge in [0.1, 0.15) is 12.4 Å². The number of methoxy groups -OCH3 is 1. The lowest BCUT2D eigenvalue weighted by molar-refractivity contribution is 0.0534. The molecule has 0 amide bonds. The van der Waals surface area contributed by atoms with Crippen LogP contribution in [0.15, 0.2) is 22.7 Å². The summed E-state index contributed by atoms with van der Waals surface area (Å²) in [6.07, 6.45) is 2.46. The van der Waals surface area contributed by atoms with Gasteiger partial charge in [0, 0.05) is 20.1 Å². The fourth-order valence-electron chi connectivity index (χ4n) is 2.29. The van der Waals surface area contributed by atoms with E-state index in [4.69, 9.17) is 14.2 Å². The van der Waals surface area contributed by atoms with Gasteiger partial charge in [0.25, 0.3) is 0 Å². The van der Waals surface area contributed by atoms with Crippen LogP contribution < -0.4 is 4.74 Å². The molecule has 2 unspecified atom stereocenters. The Morgan fingerprint density at radius 2 is 2.30 bits per heavy atom. The van der Waals surface area contributed by atoms with Crippen LogP contribution in [0.3, 0.4) is 0 Å². The van der Waals surface area contributed by atoms with Gasteiger partial charge in [-0.1, -0.05) is 6.07 Å². The Kier molecular flexibility index (Phi) is 6.29. The lowest BCUT2D eigenvalue weighted by atomic mass is 10.0. The Bertz CT molecular complexity index is 418. The van der Waals surface area contributed by atoms with Gasteiger partial charge < -0.3 is 19.3 Å². The number of ether oxygens (including phenoxy) is 3. The first-order valence-corrected chi connectivity index (χ1v) is 7.71. The first kappa shape index (κ1) is 15.8. The molecule has 5 heteroatoms. The SMILES string of the molecule is COCCOc1ccc(C(O)CC2CCCO2)cc1Br. The van der Waals surface area contributed by atoms with Crippen molar-refractivity contribution in [3.05, 3.63) is 28.2 Å². The van der Waals surface area contributed by atoms with Crippen LogP contribution >= 0.6 is 15.9 Å². The first-order valence-electron chi connectivity index (χ1n) is 6.91. The van der Waals surface area contributed by atoms with Gasteiger partial charge in [-0.3, -0.25) is 0 Å². The maximum absolute atomic E-state index is 10.2. The molecule has 0 spiro atoms. The zero-order valence-electron chi connectivity index (χ0n) is 11.7. The molecule has 1 aromatic carbocycles. The molecule has 112 valence electrons. The second-order valence-corrected chi connectivity index (χ2v) is 5.77. The minimum Gasteiger partial charge on any atom is -0.490 e. The number of aliphatic hydroxyl groups excluding tert-OH is 1. The van der Waals surface area contributed by atoms with Crippen LogP contribution in [0.1, 0.15) is 30.9 Å². The molecule has 0 radical (unpaired) electrons. The highest BCUT2D eigenvalue weighted by Gasteiger charge is 2.21. The van der Waals surface area contributed by atoms with Gasteiger partial charge in [-0.2, -0.15) is 0 Å². The molecular weight excluding hydrogens is 324 g/mol. The van der Waals surface area contributed by atoms with Crippen molar-refractivity contribution in [1.29, 1.82) is 0 Å². The van der Waals surface area contributed by atoms with E-state index in [1.165, 1.54) is 0 Å². The molecule has 0 saturated carbocycles. The number of aliphatic hydroxyl groups is 1. The number of rotatable bonds is 7. The summed E-state index contributed by atoms with van der Waals surface area (Å²) in [5.41, 5.74) is 0.881. The van der Waals surface area contributed by atoms with Crippen molar-refractivity contribution in [2.75, 3.05) is 26.9 Å². The fourth-order valence-corrected chi connectivity index (χ4v) is 2.80. The molecule has 1 aliphatic heterocycles. The summed E-state index contributed by atoms with van der Waals surface area (Å²) in [5.74, 6) is 0.759. The minimum absolute atomic E-state index is 0.182. The first-order chi connectivity index (χ1) is 9.70. The molecule has 1 aromatic rings. The molecule has 1 aliphatic rings. The predicted octanol–water partition coefficient (Wildman–Crippen LogP) is 3.08. The fraction of sp³-hybridized carbons (Fsp3) is 0.600. The largest absolute Gasteiger partial charge is 0.490 e. The van der Waals surface area contributed by atoms with Gasteiger partial charge in [0.15, 0.2) is 0 Å². The van der Waals surface area contributed by atoms with E-state index in [0.29, 0.717) is 19.6 Å². The molecule has 1 fully saturated rings. The molecule has 1 saturated heterocycles. The summed E-state index contributed by atoms with van der Waals surface area (Å²) < 4.78 is 16.9. The third-order valence-electron chi connectivity index (χ3n) is 3.40. The Morgan fingerprint density at radius 1 is 1.45 bits per heavy atom. The number of hydrogen-bond donors (Lipinski definition) is 1. The van der Waals surface area contributed by atoms with E-state index in [9.17, 15) is 5.11 Å². The van der Waals surface area contributed by atoms with E-state index in [0.717, 1.165) is 35.2 Å². The summed E-state index contributed by atoms with van der Waals surface area (Å²) in [6.45, 7) is 1.87. The molecule has 2 atom stereocenters. The normalized spacial score (nSPS) is 20.1. The Balaban J connectivity index is 1.92. The van der Waals surface area contributed by atoms with E-state index in [-0.39, 0.29) is 6.10 Å². The number of benzene rings is 1. The van der Waals surface area contributed by atoms with Crippen molar-refractivity contribution in [1.82, 2.24) is 0 Å². The van der Waals surface area contributed by atoms with E-state index in [2.05, 4.69) is 15.9 Å². The summed E-state index contributed by atoms with van der Waals surface area (Å²) in [4.78, 5) is 0. The average molecular weight is 345 g/mol. The topological polar surface area (TPSA) is 47.9 Å². The van der Waals surface area contributed by atoms with Crippen molar-refractivity contribution >= 4 is 15.9 Å². The third-order valence-corrected chi connectivity index (χ3v) is 4.02. The van der Waals surface area contributed by atoms with Gasteiger partial charge in [-0.15, -0.1) is 0 Å². The summed E-state index contributed by atoms with van der Waals surface area (Å²) >= 11 is 3.47. The Hall–Kier alpha value is -0.620. The van der Waals surface area contributed by atoms with Gasteiger partial charge in [0.05, 0.1) is 23.3 Å². The number of hydrogen-bond acceptors (Lipinski definition) is 4. The maximum atomic E-state index is 10.2. The summed E-state index contributed by atoms with van der Waals surface area (Å²) in [7, 11) is 1.64. The second kappa shape index (κ2) is 7.98. The van der Waals surface area contributed by atoms with Crippen LogP contribution in [-0.2, 0) is 9.47 Å². The van der Waals surface area contributed by atoms with Gasteiger partial charge in [0.2, 0.25) is 0 Å². The van der Waals surface area contributed by atoms with Gasteiger partial charge >= 0.3 is 0 Å². The van der Waals surface area contributed by atoms with Crippen LogP contribution in [0.4, 0.5) is 0 Å². The highest BCUT2D eigenvalue weighted by Crippen LogP contribution is 2.31. The van der Waals surface area contributed by atoms with Gasteiger partial charge in [-0.25, -0.2) is 0 Å². The van der Waals surface area contributed by atoms with Crippen molar-refractivity contribution in [2.45, 2.75) is 31.5 Å². The van der Waals surface area contributed by atoms with Crippen molar-refractivity contribution < 1.29 is 19.3 Å². The molecule has 20 heavy (non-hydrogen) atoms. The van der Waals surface area contributed by atoms with E-state index < -0.39 is 6.10 Å². The molecule has 0 aliphatic carbocycles.